The van der Waals surface area contributed by atoms with Crippen LogP contribution >= 0.6 is 15.9 Å². The van der Waals surface area contributed by atoms with E-state index in [1.165, 1.54) is 7.11 Å². The first-order chi connectivity index (χ1) is 8.43. The molecular weight excluding hydrogens is 300 g/mol. The fraction of sp³-hybridized carbons (Fsp3) is 0.462. The normalized spacial score (nSPS) is 12.1. The molecule has 100 valence electrons. The second-order valence-corrected chi connectivity index (χ2v) is 4.70. The van der Waals surface area contributed by atoms with Gasteiger partial charge in [0.1, 0.15) is 5.75 Å². The number of carbonyl (C=O) groups excluding carboxylic acids is 1. The van der Waals surface area contributed by atoms with E-state index in [1.54, 1.807) is 13.0 Å². The predicted molar refractivity (Wildman–Crippen MR) is 71.8 cm³/mol. The molecule has 1 aromatic carbocycles. The molecule has 5 heteroatoms. The average molecular weight is 317 g/mol. The summed E-state index contributed by atoms with van der Waals surface area (Å²) >= 11 is 3.44. The molecule has 0 fully saturated rings. The minimum absolute atomic E-state index is 0.229. The van der Waals surface area contributed by atoms with Crippen molar-refractivity contribution in [2.45, 2.75) is 26.9 Å². The molecule has 0 aliphatic heterocycles. The molecule has 0 spiro atoms. The first-order valence-electron chi connectivity index (χ1n) is 5.62. The zero-order valence-corrected chi connectivity index (χ0v) is 12.5. The van der Waals surface area contributed by atoms with E-state index in [1.807, 2.05) is 13.8 Å². The quantitative estimate of drug-likeness (QED) is 0.868. The molecule has 1 rings (SSSR count). The molecule has 0 aromatic heterocycles. The number of methoxy groups -OCH3 is 1. The first kappa shape index (κ1) is 15.0. The summed E-state index contributed by atoms with van der Waals surface area (Å²) in [6.07, 6.45) is -1.33. The second kappa shape index (κ2) is 6.20. The summed E-state index contributed by atoms with van der Waals surface area (Å²) in [5, 5.41) is 10.0. The molecule has 4 nitrogen and oxygen atoms in total. The van der Waals surface area contributed by atoms with Crippen LogP contribution in [-0.2, 0) is 9.53 Å². The van der Waals surface area contributed by atoms with E-state index in [0.29, 0.717) is 11.3 Å². The van der Waals surface area contributed by atoms with Crippen molar-refractivity contribution in [2.75, 3.05) is 13.7 Å². The highest BCUT2D eigenvalue weighted by atomic mass is 79.9. The number of rotatable bonds is 4. The number of aliphatic hydroxyl groups is 1. The lowest BCUT2D eigenvalue weighted by Crippen LogP contribution is -2.17. The Morgan fingerprint density at radius 3 is 2.61 bits per heavy atom. The number of hydrogen-bond donors (Lipinski definition) is 1. The molecule has 1 atom stereocenters. The molecule has 0 amide bonds. The van der Waals surface area contributed by atoms with Crippen molar-refractivity contribution in [2.24, 2.45) is 0 Å². The van der Waals surface area contributed by atoms with Gasteiger partial charge >= 0.3 is 5.97 Å². The van der Waals surface area contributed by atoms with Crippen molar-refractivity contribution in [3.8, 4) is 5.75 Å². The fourth-order valence-electron chi connectivity index (χ4n) is 1.80. The predicted octanol–water partition coefficient (Wildman–Crippen LogP) is 2.67. The van der Waals surface area contributed by atoms with Gasteiger partial charge in [0.05, 0.1) is 13.7 Å². The molecule has 0 saturated carbocycles. The number of aliphatic hydroxyl groups excluding tert-OH is 1. The summed E-state index contributed by atoms with van der Waals surface area (Å²) in [4.78, 5) is 11.6. The number of esters is 1. The molecule has 0 bridgehead atoms. The minimum atomic E-state index is -1.33. The Labute approximate surface area is 115 Å². The van der Waals surface area contributed by atoms with Gasteiger partial charge in [-0.25, -0.2) is 4.79 Å². The van der Waals surface area contributed by atoms with E-state index in [-0.39, 0.29) is 6.61 Å². The number of ether oxygens (including phenoxy) is 2. The molecule has 1 N–H and O–H groups in total. The molecular formula is C13H17BrO4. The Kier molecular flexibility index (Phi) is 5.16. The van der Waals surface area contributed by atoms with E-state index in [2.05, 4.69) is 15.9 Å². The van der Waals surface area contributed by atoms with Crippen LogP contribution < -0.4 is 4.74 Å². The van der Waals surface area contributed by atoms with E-state index in [0.717, 1.165) is 15.6 Å². The van der Waals surface area contributed by atoms with Gasteiger partial charge < -0.3 is 14.6 Å². The SMILES string of the molecule is CCOC(=O)C(O)c1cc(C)c(Br)c(C)c1OC. The number of aryl methyl sites for hydroxylation is 1. The lowest BCUT2D eigenvalue weighted by atomic mass is 10.0. The largest absolute Gasteiger partial charge is 0.496 e. The standard InChI is InChI=1S/C13H17BrO4/c1-5-18-13(16)11(15)9-6-7(2)10(14)8(3)12(9)17-4/h6,11,15H,5H2,1-4H3. The van der Waals surface area contributed by atoms with Gasteiger partial charge in [-0.05, 0) is 32.4 Å². The van der Waals surface area contributed by atoms with Gasteiger partial charge in [-0.1, -0.05) is 15.9 Å². The molecule has 1 unspecified atom stereocenters. The van der Waals surface area contributed by atoms with Gasteiger partial charge in [-0.3, -0.25) is 0 Å². The molecule has 0 radical (unpaired) electrons. The Morgan fingerprint density at radius 2 is 2.11 bits per heavy atom. The van der Waals surface area contributed by atoms with Crippen molar-refractivity contribution in [1.82, 2.24) is 0 Å². The van der Waals surface area contributed by atoms with Crippen molar-refractivity contribution in [3.63, 3.8) is 0 Å². The summed E-state index contributed by atoms with van der Waals surface area (Å²) < 4.78 is 11.0. The van der Waals surface area contributed by atoms with Gasteiger partial charge in [-0.15, -0.1) is 0 Å². The zero-order valence-electron chi connectivity index (χ0n) is 10.9. The number of carbonyl (C=O) groups is 1. The lowest BCUT2D eigenvalue weighted by Gasteiger charge is -2.18. The van der Waals surface area contributed by atoms with Crippen LogP contribution in [0.15, 0.2) is 10.5 Å². The Bertz CT molecular complexity index is 457. The van der Waals surface area contributed by atoms with Crippen molar-refractivity contribution in [1.29, 1.82) is 0 Å². The first-order valence-corrected chi connectivity index (χ1v) is 6.41. The third-order valence-electron chi connectivity index (χ3n) is 2.66. The molecule has 18 heavy (non-hydrogen) atoms. The Hall–Kier alpha value is -1.07. The highest BCUT2D eigenvalue weighted by molar-refractivity contribution is 9.10. The van der Waals surface area contributed by atoms with E-state index in [9.17, 15) is 9.90 Å². The molecule has 0 aliphatic carbocycles. The zero-order chi connectivity index (χ0) is 13.9. The third-order valence-corrected chi connectivity index (χ3v) is 3.88. The number of hydrogen-bond acceptors (Lipinski definition) is 4. The molecule has 0 aliphatic rings. The topological polar surface area (TPSA) is 55.8 Å². The third kappa shape index (κ3) is 2.84. The van der Waals surface area contributed by atoms with Crippen LogP contribution in [0.4, 0.5) is 0 Å². The maximum Gasteiger partial charge on any atom is 0.339 e. The van der Waals surface area contributed by atoms with E-state index >= 15 is 0 Å². The van der Waals surface area contributed by atoms with E-state index in [4.69, 9.17) is 9.47 Å². The lowest BCUT2D eigenvalue weighted by molar-refractivity contribution is -0.153. The minimum Gasteiger partial charge on any atom is -0.496 e. The fourth-order valence-corrected chi connectivity index (χ4v) is 2.09. The van der Waals surface area contributed by atoms with Gasteiger partial charge in [-0.2, -0.15) is 0 Å². The summed E-state index contributed by atoms with van der Waals surface area (Å²) in [6.45, 7) is 5.67. The molecule has 1 aromatic rings. The highest BCUT2D eigenvalue weighted by Crippen LogP contribution is 2.36. The average Bonchev–Trinajstić information content (AvgIpc) is 2.35. The smallest absolute Gasteiger partial charge is 0.339 e. The summed E-state index contributed by atoms with van der Waals surface area (Å²) in [5.74, 6) is -0.176. The van der Waals surface area contributed by atoms with Crippen molar-refractivity contribution < 1.29 is 19.4 Å². The molecule has 0 saturated heterocycles. The monoisotopic (exact) mass is 316 g/mol. The second-order valence-electron chi connectivity index (χ2n) is 3.91. The van der Waals surface area contributed by atoms with Gasteiger partial charge in [0.25, 0.3) is 0 Å². The number of benzene rings is 1. The van der Waals surface area contributed by atoms with Crippen LogP contribution in [0, 0.1) is 13.8 Å². The maximum absolute atomic E-state index is 11.6. The van der Waals surface area contributed by atoms with Crippen LogP contribution in [0.5, 0.6) is 5.75 Å². The van der Waals surface area contributed by atoms with Gasteiger partial charge in [0.2, 0.25) is 0 Å². The Balaban J connectivity index is 3.27. The molecule has 0 heterocycles. The highest BCUT2D eigenvalue weighted by Gasteiger charge is 2.25. The van der Waals surface area contributed by atoms with Crippen LogP contribution in [-0.4, -0.2) is 24.8 Å². The Morgan fingerprint density at radius 1 is 1.50 bits per heavy atom. The van der Waals surface area contributed by atoms with Crippen LogP contribution in [0.1, 0.15) is 29.7 Å². The van der Waals surface area contributed by atoms with Crippen molar-refractivity contribution in [3.05, 3.63) is 27.2 Å². The van der Waals surface area contributed by atoms with Crippen LogP contribution in [0.3, 0.4) is 0 Å². The summed E-state index contributed by atoms with van der Waals surface area (Å²) in [5.41, 5.74) is 2.19. The summed E-state index contributed by atoms with van der Waals surface area (Å²) in [7, 11) is 1.51. The maximum atomic E-state index is 11.6. The number of halogens is 1. The van der Waals surface area contributed by atoms with Crippen molar-refractivity contribution >= 4 is 21.9 Å². The van der Waals surface area contributed by atoms with Crippen LogP contribution in [0.25, 0.3) is 0 Å². The van der Waals surface area contributed by atoms with Gasteiger partial charge in [0, 0.05) is 15.6 Å². The van der Waals surface area contributed by atoms with Gasteiger partial charge in [0.15, 0.2) is 6.10 Å². The van der Waals surface area contributed by atoms with Crippen LogP contribution in [0.2, 0.25) is 0 Å². The summed E-state index contributed by atoms with van der Waals surface area (Å²) in [6, 6.07) is 1.72. The van der Waals surface area contributed by atoms with E-state index < -0.39 is 12.1 Å².